The Kier molecular flexibility index (Phi) is 3.82. The average molecular weight is 230 g/mol. The van der Waals surface area contributed by atoms with Crippen molar-refractivity contribution in [2.24, 2.45) is 10.9 Å². The van der Waals surface area contributed by atoms with Gasteiger partial charge in [-0.25, -0.2) is 4.99 Å². The molecule has 1 saturated carbocycles. The fourth-order valence-corrected chi connectivity index (χ4v) is 2.20. The van der Waals surface area contributed by atoms with E-state index in [1.165, 1.54) is 30.7 Å². The second kappa shape index (κ2) is 5.35. The zero-order valence-corrected chi connectivity index (χ0v) is 11.1. The lowest BCUT2D eigenvalue weighted by molar-refractivity contribution is 0.379. The van der Waals surface area contributed by atoms with E-state index in [0.29, 0.717) is 5.92 Å². The second-order valence-electron chi connectivity index (χ2n) is 5.02. The van der Waals surface area contributed by atoms with Crippen molar-refractivity contribution >= 4 is 11.5 Å². The van der Waals surface area contributed by atoms with Gasteiger partial charge in [0.25, 0.3) is 0 Å². The third-order valence-electron chi connectivity index (χ3n) is 3.49. The molecule has 1 aliphatic carbocycles. The minimum Gasteiger partial charge on any atom is -0.366 e. The predicted octanol–water partition coefficient (Wildman–Crippen LogP) is 3.64. The van der Waals surface area contributed by atoms with E-state index in [9.17, 15) is 0 Å². The molecule has 0 unspecified atom stereocenters. The largest absolute Gasteiger partial charge is 0.366 e. The fourth-order valence-electron chi connectivity index (χ4n) is 2.20. The Hall–Kier alpha value is -1.31. The number of aryl methyl sites for hydroxylation is 1. The molecule has 92 valence electrons. The van der Waals surface area contributed by atoms with Crippen LogP contribution in [0.15, 0.2) is 29.3 Å². The maximum atomic E-state index is 4.83. The van der Waals surface area contributed by atoms with Gasteiger partial charge in [-0.3, -0.25) is 0 Å². The molecule has 0 heterocycles. The van der Waals surface area contributed by atoms with Crippen LogP contribution in [0, 0.1) is 5.92 Å². The average Bonchev–Trinajstić information content (AvgIpc) is 2.26. The van der Waals surface area contributed by atoms with Gasteiger partial charge >= 0.3 is 0 Å². The maximum Gasteiger partial charge on any atom is 0.107 e. The topological polar surface area (TPSA) is 15.6 Å². The van der Waals surface area contributed by atoms with Crippen LogP contribution in [0.5, 0.6) is 0 Å². The first-order valence-corrected chi connectivity index (χ1v) is 6.55. The van der Waals surface area contributed by atoms with E-state index in [1.807, 2.05) is 0 Å². The molecular formula is C15H22N2. The summed E-state index contributed by atoms with van der Waals surface area (Å²) in [5.74, 6) is 1.92. The standard InChI is InChI=1S/C15H22N2/c1-4-12-7-5-10-14(11-12)16-15(17(2)3)13-8-6-9-13/h5,7,10-11,13H,4,6,8-9H2,1-3H3/b16-15+. The molecule has 1 aromatic rings. The maximum absolute atomic E-state index is 4.83. The van der Waals surface area contributed by atoms with Crippen molar-refractivity contribution in [2.75, 3.05) is 14.1 Å². The summed E-state index contributed by atoms with van der Waals surface area (Å²) >= 11 is 0. The number of nitrogens with zero attached hydrogens (tertiary/aromatic N) is 2. The van der Waals surface area contributed by atoms with Crippen molar-refractivity contribution in [1.82, 2.24) is 4.90 Å². The summed E-state index contributed by atoms with van der Waals surface area (Å²) in [6.07, 6.45) is 5.02. The van der Waals surface area contributed by atoms with Crippen LogP contribution >= 0.6 is 0 Å². The molecule has 0 aromatic heterocycles. The molecule has 2 nitrogen and oxygen atoms in total. The molecule has 2 heteroatoms. The van der Waals surface area contributed by atoms with E-state index in [2.05, 4.69) is 50.2 Å². The van der Waals surface area contributed by atoms with Gasteiger partial charge in [-0.05, 0) is 37.0 Å². The molecule has 17 heavy (non-hydrogen) atoms. The zero-order chi connectivity index (χ0) is 12.3. The Morgan fingerprint density at radius 1 is 1.35 bits per heavy atom. The van der Waals surface area contributed by atoms with Crippen LogP contribution in [0.4, 0.5) is 5.69 Å². The highest BCUT2D eigenvalue weighted by molar-refractivity contribution is 5.87. The summed E-state index contributed by atoms with van der Waals surface area (Å²) in [5.41, 5.74) is 2.46. The number of hydrogen-bond acceptors (Lipinski definition) is 1. The van der Waals surface area contributed by atoms with E-state index in [0.717, 1.165) is 12.1 Å². The molecular weight excluding hydrogens is 208 g/mol. The highest BCUT2D eigenvalue weighted by Gasteiger charge is 2.24. The lowest BCUT2D eigenvalue weighted by atomic mass is 9.84. The minimum atomic E-state index is 0.676. The first kappa shape index (κ1) is 12.2. The monoisotopic (exact) mass is 230 g/mol. The van der Waals surface area contributed by atoms with Crippen molar-refractivity contribution in [3.8, 4) is 0 Å². The number of rotatable bonds is 3. The van der Waals surface area contributed by atoms with Crippen molar-refractivity contribution in [3.05, 3.63) is 29.8 Å². The molecule has 0 radical (unpaired) electrons. The molecule has 0 bridgehead atoms. The van der Waals surface area contributed by atoms with Crippen LogP contribution in [0.1, 0.15) is 31.7 Å². The fraction of sp³-hybridized carbons (Fsp3) is 0.533. The molecule has 0 saturated heterocycles. The van der Waals surface area contributed by atoms with Crippen LogP contribution in [0.25, 0.3) is 0 Å². The van der Waals surface area contributed by atoms with Gasteiger partial charge in [-0.2, -0.15) is 0 Å². The number of benzene rings is 1. The Balaban J connectivity index is 2.24. The van der Waals surface area contributed by atoms with Gasteiger partial charge in [-0.15, -0.1) is 0 Å². The highest BCUT2D eigenvalue weighted by Crippen LogP contribution is 2.30. The molecule has 1 fully saturated rings. The Labute approximate surface area is 104 Å². The Bertz CT molecular complexity index is 403. The van der Waals surface area contributed by atoms with Gasteiger partial charge in [-0.1, -0.05) is 25.5 Å². The summed E-state index contributed by atoms with van der Waals surface area (Å²) in [6.45, 7) is 2.18. The molecule has 0 aliphatic heterocycles. The quantitative estimate of drug-likeness (QED) is 0.572. The van der Waals surface area contributed by atoms with Crippen molar-refractivity contribution in [3.63, 3.8) is 0 Å². The van der Waals surface area contributed by atoms with Gasteiger partial charge in [0.15, 0.2) is 0 Å². The lowest BCUT2D eigenvalue weighted by Crippen LogP contribution is -2.33. The van der Waals surface area contributed by atoms with Gasteiger partial charge in [0.05, 0.1) is 5.69 Å². The molecule has 1 aromatic carbocycles. The second-order valence-corrected chi connectivity index (χ2v) is 5.02. The van der Waals surface area contributed by atoms with Crippen molar-refractivity contribution < 1.29 is 0 Å². The van der Waals surface area contributed by atoms with Gasteiger partial charge < -0.3 is 4.90 Å². The van der Waals surface area contributed by atoms with Gasteiger partial charge in [0, 0.05) is 20.0 Å². The van der Waals surface area contributed by atoms with Crippen LogP contribution in [0.3, 0.4) is 0 Å². The normalized spacial score (nSPS) is 16.8. The first-order chi connectivity index (χ1) is 8.20. The van der Waals surface area contributed by atoms with Gasteiger partial charge in [0.2, 0.25) is 0 Å². The molecule has 0 spiro atoms. The van der Waals surface area contributed by atoms with E-state index < -0.39 is 0 Å². The summed E-state index contributed by atoms with van der Waals surface area (Å²) in [7, 11) is 4.20. The SMILES string of the molecule is CCc1cccc(/N=C(\C2CCC2)N(C)C)c1. The van der Waals surface area contributed by atoms with Crippen LogP contribution in [-0.4, -0.2) is 24.8 Å². The van der Waals surface area contributed by atoms with E-state index >= 15 is 0 Å². The summed E-state index contributed by atoms with van der Waals surface area (Å²) in [5, 5.41) is 0. The third kappa shape index (κ3) is 2.87. The minimum absolute atomic E-state index is 0.676. The first-order valence-electron chi connectivity index (χ1n) is 6.55. The number of aliphatic imine (C=N–C) groups is 1. The number of amidine groups is 1. The Morgan fingerprint density at radius 3 is 2.65 bits per heavy atom. The molecule has 0 atom stereocenters. The third-order valence-corrected chi connectivity index (χ3v) is 3.49. The van der Waals surface area contributed by atoms with E-state index in [-0.39, 0.29) is 0 Å². The smallest absolute Gasteiger partial charge is 0.107 e. The van der Waals surface area contributed by atoms with E-state index in [4.69, 9.17) is 4.99 Å². The van der Waals surface area contributed by atoms with Crippen molar-refractivity contribution in [1.29, 1.82) is 0 Å². The highest BCUT2D eigenvalue weighted by atomic mass is 15.1. The summed E-state index contributed by atoms with van der Waals surface area (Å²) in [6, 6.07) is 8.56. The lowest BCUT2D eigenvalue weighted by Gasteiger charge is -2.31. The molecule has 0 N–H and O–H groups in total. The van der Waals surface area contributed by atoms with Crippen molar-refractivity contribution in [2.45, 2.75) is 32.6 Å². The number of hydrogen-bond donors (Lipinski definition) is 0. The zero-order valence-electron chi connectivity index (χ0n) is 11.1. The predicted molar refractivity (Wildman–Crippen MR) is 73.9 cm³/mol. The summed E-state index contributed by atoms with van der Waals surface area (Å²) < 4.78 is 0. The van der Waals surface area contributed by atoms with E-state index in [1.54, 1.807) is 0 Å². The summed E-state index contributed by atoms with van der Waals surface area (Å²) in [4.78, 5) is 7.00. The van der Waals surface area contributed by atoms with Crippen LogP contribution < -0.4 is 0 Å². The molecule has 1 aliphatic rings. The molecule has 0 amide bonds. The molecule has 2 rings (SSSR count). The van der Waals surface area contributed by atoms with Crippen LogP contribution in [0.2, 0.25) is 0 Å². The Morgan fingerprint density at radius 2 is 2.12 bits per heavy atom. The van der Waals surface area contributed by atoms with Crippen LogP contribution in [-0.2, 0) is 6.42 Å². The van der Waals surface area contributed by atoms with Gasteiger partial charge in [0.1, 0.15) is 5.84 Å².